The summed E-state index contributed by atoms with van der Waals surface area (Å²) in [4.78, 5) is 24.0. The second-order valence-electron chi connectivity index (χ2n) is 8.14. The molecule has 1 aliphatic rings. The van der Waals surface area contributed by atoms with Crippen molar-refractivity contribution in [1.82, 2.24) is 9.97 Å². The van der Waals surface area contributed by atoms with Crippen LogP contribution in [0.25, 0.3) is 11.3 Å². The lowest BCUT2D eigenvalue weighted by Crippen LogP contribution is -2.41. The van der Waals surface area contributed by atoms with Gasteiger partial charge in [0.05, 0.1) is 18.7 Å². The first-order chi connectivity index (χ1) is 15.0. The van der Waals surface area contributed by atoms with Crippen molar-refractivity contribution in [1.29, 1.82) is 0 Å². The third kappa shape index (κ3) is 5.02. The Kier molecular flexibility index (Phi) is 6.16. The number of nitrogens with one attached hydrogen (secondary N) is 1. The predicted molar refractivity (Wildman–Crippen MR) is 124 cm³/mol. The molecule has 1 N–H and O–H groups in total. The Labute approximate surface area is 183 Å². The highest BCUT2D eigenvalue weighted by Crippen LogP contribution is 2.27. The normalized spacial score (nSPS) is 16.1. The van der Waals surface area contributed by atoms with Crippen LogP contribution in [0.4, 0.5) is 11.5 Å². The molecule has 1 aromatic heterocycles. The highest BCUT2D eigenvalue weighted by Gasteiger charge is 2.27. The summed E-state index contributed by atoms with van der Waals surface area (Å²) in [5.41, 5.74) is 5.02. The van der Waals surface area contributed by atoms with E-state index in [9.17, 15) is 4.79 Å². The second-order valence-corrected chi connectivity index (χ2v) is 8.14. The molecule has 160 valence electrons. The average Bonchev–Trinajstić information content (AvgIpc) is 2.78. The molecule has 0 aliphatic carbocycles. The number of carbonyl (C=O) groups excluding carboxylic acids is 1. The maximum Gasteiger partial charge on any atom is 0.229 e. The van der Waals surface area contributed by atoms with E-state index in [-0.39, 0.29) is 11.8 Å². The molecule has 3 aromatic rings. The van der Waals surface area contributed by atoms with Gasteiger partial charge in [-0.2, -0.15) is 0 Å². The SMILES string of the molecule is COc1ccc(-c2cc(N3CCCC(C(=O)Nc4cc(C)cc(C)c4)C3)ncn2)cc1. The highest BCUT2D eigenvalue weighted by atomic mass is 16.5. The summed E-state index contributed by atoms with van der Waals surface area (Å²) in [5, 5.41) is 3.10. The number of benzene rings is 2. The quantitative estimate of drug-likeness (QED) is 0.657. The fourth-order valence-electron chi connectivity index (χ4n) is 4.13. The van der Waals surface area contributed by atoms with Crippen LogP contribution in [0.1, 0.15) is 24.0 Å². The molecule has 6 heteroatoms. The maximum atomic E-state index is 12.9. The van der Waals surface area contributed by atoms with Crippen LogP contribution in [0.3, 0.4) is 0 Å². The van der Waals surface area contributed by atoms with Gasteiger partial charge in [-0.1, -0.05) is 6.07 Å². The Bertz CT molecular complexity index is 1050. The Hall–Kier alpha value is -3.41. The van der Waals surface area contributed by atoms with Crippen molar-refractivity contribution in [2.24, 2.45) is 5.92 Å². The van der Waals surface area contributed by atoms with Crippen LogP contribution in [0.5, 0.6) is 5.75 Å². The summed E-state index contributed by atoms with van der Waals surface area (Å²) in [7, 11) is 1.65. The van der Waals surface area contributed by atoms with Crippen molar-refractivity contribution in [3.8, 4) is 17.0 Å². The number of hydrogen-bond acceptors (Lipinski definition) is 5. The van der Waals surface area contributed by atoms with Crippen molar-refractivity contribution >= 4 is 17.4 Å². The molecule has 0 radical (unpaired) electrons. The number of nitrogens with zero attached hydrogens (tertiary/aromatic N) is 3. The lowest BCUT2D eigenvalue weighted by molar-refractivity contribution is -0.120. The number of aryl methyl sites for hydroxylation is 2. The Balaban J connectivity index is 1.47. The minimum Gasteiger partial charge on any atom is -0.497 e. The van der Waals surface area contributed by atoms with Gasteiger partial charge in [-0.25, -0.2) is 9.97 Å². The largest absolute Gasteiger partial charge is 0.497 e. The number of hydrogen-bond donors (Lipinski definition) is 1. The summed E-state index contributed by atoms with van der Waals surface area (Å²) in [6, 6.07) is 15.9. The number of aromatic nitrogens is 2. The monoisotopic (exact) mass is 416 g/mol. The van der Waals surface area contributed by atoms with Crippen molar-refractivity contribution in [3.05, 3.63) is 66.0 Å². The molecule has 1 unspecified atom stereocenters. The number of amides is 1. The molecule has 0 bridgehead atoms. The third-order valence-electron chi connectivity index (χ3n) is 5.64. The first-order valence-electron chi connectivity index (χ1n) is 10.6. The van der Waals surface area contributed by atoms with Gasteiger partial charge in [0, 0.05) is 30.4 Å². The fraction of sp³-hybridized carbons (Fsp3) is 0.320. The minimum absolute atomic E-state index is 0.0686. The van der Waals surface area contributed by atoms with Gasteiger partial charge < -0.3 is 15.0 Å². The molecule has 1 amide bonds. The lowest BCUT2D eigenvalue weighted by Gasteiger charge is -2.33. The number of rotatable bonds is 5. The number of piperidine rings is 1. The van der Waals surface area contributed by atoms with Crippen molar-refractivity contribution < 1.29 is 9.53 Å². The summed E-state index contributed by atoms with van der Waals surface area (Å²) < 4.78 is 5.23. The van der Waals surface area contributed by atoms with Gasteiger partial charge in [-0.15, -0.1) is 0 Å². The maximum absolute atomic E-state index is 12.9. The number of ether oxygens (including phenoxy) is 1. The summed E-state index contributed by atoms with van der Waals surface area (Å²) in [5.74, 6) is 1.66. The first-order valence-corrected chi connectivity index (χ1v) is 10.6. The molecule has 1 aliphatic heterocycles. The van der Waals surface area contributed by atoms with Gasteiger partial charge in [0.25, 0.3) is 0 Å². The van der Waals surface area contributed by atoms with Gasteiger partial charge in [0.2, 0.25) is 5.91 Å². The van der Waals surface area contributed by atoms with Crippen LogP contribution in [-0.2, 0) is 4.79 Å². The van der Waals surface area contributed by atoms with E-state index in [4.69, 9.17) is 4.74 Å². The van der Waals surface area contributed by atoms with Crippen molar-refractivity contribution in [2.75, 3.05) is 30.4 Å². The van der Waals surface area contributed by atoms with Crippen LogP contribution in [0, 0.1) is 19.8 Å². The highest BCUT2D eigenvalue weighted by molar-refractivity contribution is 5.93. The lowest BCUT2D eigenvalue weighted by atomic mass is 9.96. The molecule has 0 spiro atoms. The van der Waals surface area contributed by atoms with E-state index >= 15 is 0 Å². The minimum atomic E-state index is -0.0750. The van der Waals surface area contributed by atoms with Gasteiger partial charge in [0.1, 0.15) is 17.9 Å². The molecule has 1 fully saturated rings. The van der Waals surface area contributed by atoms with Crippen LogP contribution in [0.2, 0.25) is 0 Å². The molecule has 1 saturated heterocycles. The smallest absolute Gasteiger partial charge is 0.229 e. The van der Waals surface area contributed by atoms with Crippen LogP contribution in [0.15, 0.2) is 54.9 Å². The molecule has 31 heavy (non-hydrogen) atoms. The molecule has 2 heterocycles. The predicted octanol–water partition coefficient (Wildman–Crippen LogP) is 4.62. The number of methoxy groups -OCH3 is 1. The number of anilines is 2. The van der Waals surface area contributed by atoms with Gasteiger partial charge in [-0.3, -0.25) is 4.79 Å². The van der Waals surface area contributed by atoms with Crippen LogP contribution < -0.4 is 15.0 Å². The zero-order chi connectivity index (χ0) is 21.8. The first kappa shape index (κ1) is 20.8. The van der Waals surface area contributed by atoms with Gasteiger partial charge >= 0.3 is 0 Å². The van der Waals surface area contributed by atoms with Gasteiger partial charge in [-0.05, 0) is 74.2 Å². The Morgan fingerprint density at radius 3 is 2.52 bits per heavy atom. The molecule has 2 aromatic carbocycles. The van der Waals surface area contributed by atoms with Crippen molar-refractivity contribution in [2.45, 2.75) is 26.7 Å². The fourth-order valence-corrected chi connectivity index (χ4v) is 4.13. The molecule has 1 atom stereocenters. The molecule has 4 rings (SSSR count). The zero-order valence-electron chi connectivity index (χ0n) is 18.3. The molecular formula is C25H28N4O2. The molecule has 6 nitrogen and oxygen atoms in total. The van der Waals surface area contributed by atoms with Crippen molar-refractivity contribution in [3.63, 3.8) is 0 Å². The van der Waals surface area contributed by atoms with Crippen LogP contribution >= 0.6 is 0 Å². The van der Waals surface area contributed by atoms with Gasteiger partial charge in [0.15, 0.2) is 0 Å². The van der Waals surface area contributed by atoms with E-state index in [2.05, 4.69) is 26.3 Å². The van der Waals surface area contributed by atoms with E-state index in [1.54, 1.807) is 13.4 Å². The zero-order valence-corrected chi connectivity index (χ0v) is 18.3. The van der Waals surface area contributed by atoms with E-state index in [0.717, 1.165) is 59.0 Å². The number of carbonyl (C=O) groups is 1. The Morgan fingerprint density at radius 1 is 1.06 bits per heavy atom. The van der Waals surface area contributed by atoms with Crippen LogP contribution in [-0.4, -0.2) is 36.1 Å². The van der Waals surface area contributed by atoms with E-state index in [1.165, 1.54) is 0 Å². The molecular weight excluding hydrogens is 388 g/mol. The summed E-state index contributed by atoms with van der Waals surface area (Å²) in [6.07, 6.45) is 3.42. The topological polar surface area (TPSA) is 67.3 Å². The van der Waals surface area contributed by atoms with E-state index in [0.29, 0.717) is 6.54 Å². The Morgan fingerprint density at radius 2 is 1.81 bits per heavy atom. The summed E-state index contributed by atoms with van der Waals surface area (Å²) in [6.45, 7) is 5.61. The van der Waals surface area contributed by atoms with E-state index in [1.807, 2.05) is 56.3 Å². The molecule has 0 saturated carbocycles. The third-order valence-corrected chi connectivity index (χ3v) is 5.64. The second kappa shape index (κ2) is 9.16. The standard InChI is InChI=1S/C25H28N4O2/c1-17-11-18(2)13-21(12-17)28-25(30)20-5-4-10-29(15-20)24-14-23(26-16-27-24)19-6-8-22(31-3)9-7-19/h6-9,11-14,16,20H,4-5,10,15H2,1-3H3,(H,28,30). The average molecular weight is 417 g/mol. The summed E-state index contributed by atoms with van der Waals surface area (Å²) >= 11 is 0. The van der Waals surface area contributed by atoms with E-state index < -0.39 is 0 Å².